The van der Waals surface area contributed by atoms with Crippen LogP contribution in [0.4, 0.5) is 5.69 Å². The molecule has 5 aromatic rings. The van der Waals surface area contributed by atoms with Gasteiger partial charge in [0.05, 0.1) is 10.2 Å². The van der Waals surface area contributed by atoms with Gasteiger partial charge in [0.1, 0.15) is 17.4 Å². The van der Waals surface area contributed by atoms with Crippen LogP contribution in [-0.4, -0.2) is 10.9 Å². The van der Waals surface area contributed by atoms with Crippen molar-refractivity contribution in [3.05, 3.63) is 114 Å². The zero-order chi connectivity index (χ0) is 22.6. The number of hydrogen-bond donors (Lipinski definition) is 1. The minimum Gasteiger partial charge on any atom is -0.489 e. The van der Waals surface area contributed by atoms with Crippen LogP contribution >= 0.6 is 11.3 Å². The fourth-order valence-corrected chi connectivity index (χ4v) is 4.49. The lowest BCUT2D eigenvalue weighted by molar-refractivity contribution is 0.102. The van der Waals surface area contributed by atoms with E-state index in [1.165, 1.54) is 0 Å². The summed E-state index contributed by atoms with van der Waals surface area (Å²) in [5, 5.41) is 3.98. The summed E-state index contributed by atoms with van der Waals surface area (Å²) in [4.78, 5) is 17.6. The standard InChI is InChI=1S/C28H22N2O2S/c1-19-11-12-22(28-30-24-9-5-6-10-26(24)33-28)17-25(19)29-27(31)21-13-15-23(16-14-21)32-18-20-7-3-2-4-8-20/h2-17H,18H2,1H3,(H,29,31). The van der Waals surface area contributed by atoms with Crippen molar-refractivity contribution < 1.29 is 9.53 Å². The second kappa shape index (κ2) is 9.27. The van der Waals surface area contributed by atoms with Gasteiger partial charge in [0.15, 0.2) is 0 Å². The fourth-order valence-electron chi connectivity index (χ4n) is 3.52. The van der Waals surface area contributed by atoms with E-state index in [1.54, 1.807) is 23.5 Å². The zero-order valence-electron chi connectivity index (χ0n) is 18.1. The molecule has 0 atom stereocenters. The first-order valence-electron chi connectivity index (χ1n) is 10.7. The maximum Gasteiger partial charge on any atom is 0.255 e. The Morgan fingerprint density at radius 3 is 2.45 bits per heavy atom. The summed E-state index contributed by atoms with van der Waals surface area (Å²) in [7, 11) is 0. The summed E-state index contributed by atoms with van der Waals surface area (Å²) in [5.74, 6) is 0.568. The first-order valence-corrected chi connectivity index (χ1v) is 11.5. The van der Waals surface area contributed by atoms with E-state index in [1.807, 2.05) is 85.8 Å². The number of nitrogens with one attached hydrogen (secondary N) is 1. The van der Waals surface area contributed by atoms with Crippen LogP contribution in [0.1, 0.15) is 21.5 Å². The topological polar surface area (TPSA) is 51.2 Å². The predicted octanol–water partition coefficient (Wildman–Crippen LogP) is 7.10. The number of carbonyl (C=O) groups excluding carboxylic acids is 1. The Hall–Kier alpha value is -3.96. The number of benzene rings is 4. The number of thiazole rings is 1. The van der Waals surface area contributed by atoms with E-state index in [4.69, 9.17) is 9.72 Å². The highest BCUT2D eigenvalue weighted by Gasteiger charge is 2.12. The summed E-state index contributed by atoms with van der Waals surface area (Å²) >= 11 is 1.65. The summed E-state index contributed by atoms with van der Waals surface area (Å²) in [6.07, 6.45) is 0. The van der Waals surface area contributed by atoms with Gasteiger partial charge in [-0.25, -0.2) is 4.98 Å². The summed E-state index contributed by atoms with van der Waals surface area (Å²) in [5.41, 5.74) is 5.42. The highest BCUT2D eigenvalue weighted by Crippen LogP contribution is 2.32. The average Bonchev–Trinajstić information content (AvgIpc) is 3.29. The second-order valence-corrected chi connectivity index (χ2v) is 8.80. The van der Waals surface area contributed by atoms with E-state index in [0.29, 0.717) is 12.2 Å². The lowest BCUT2D eigenvalue weighted by Gasteiger charge is -2.11. The lowest BCUT2D eigenvalue weighted by atomic mass is 10.1. The molecule has 5 heteroatoms. The lowest BCUT2D eigenvalue weighted by Crippen LogP contribution is -2.12. The van der Waals surface area contributed by atoms with Gasteiger partial charge in [0, 0.05) is 16.8 Å². The van der Waals surface area contributed by atoms with Crippen molar-refractivity contribution >= 4 is 33.1 Å². The molecule has 0 spiro atoms. The molecule has 0 bridgehead atoms. The maximum absolute atomic E-state index is 12.9. The Balaban J connectivity index is 1.29. The molecule has 1 amide bonds. The normalized spacial score (nSPS) is 10.8. The van der Waals surface area contributed by atoms with Crippen molar-refractivity contribution in [3.63, 3.8) is 0 Å². The molecule has 0 aliphatic rings. The Kier molecular flexibility index (Phi) is 5.87. The van der Waals surface area contributed by atoms with Crippen LogP contribution in [0, 0.1) is 6.92 Å². The number of aromatic nitrogens is 1. The van der Waals surface area contributed by atoms with Crippen molar-refractivity contribution in [2.45, 2.75) is 13.5 Å². The smallest absolute Gasteiger partial charge is 0.255 e. The van der Waals surface area contributed by atoms with Gasteiger partial charge in [-0.05, 0) is 60.5 Å². The average molecular weight is 451 g/mol. The van der Waals surface area contributed by atoms with E-state index in [-0.39, 0.29) is 5.91 Å². The molecule has 0 fully saturated rings. The minimum absolute atomic E-state index is 0.158. The van der Waals surface area contributed by atoms with Crippen LogP contribution in [0.15, 0.2) is 97.1 Å². The number of rotatable bonds is 6. The number of aryl methyl sites for hydroxylation is 1. The molecule has 4 nitrogen and oxygen atoms in total. The van der Waals surface area contributed by atoms with Gasteiger partial charge in [-0.15, -0.1) is 11.3 Å². The molecule has 1 N–H and O–H groups in total. The Morgan fingerprint density at radius 2 is 1.67 bits per heavy atom. The second-order valence-electron chi connectivity index (χ2n) is 7.77. The third-order valence-electron chi connectivity index (χ3n) is 5.39. The number of nitrogens with zero attached hydrogens (tertiary/aromatic N) is 1. The molecule has 0 aliphatic carbocycles. The molecule has 4 aromatic carbocycles. The van der Waals surface area contributed by atoms with Gasteiger partial charge in [0.25, 0.3) is 5.91 Å². The van der Waals surface area contributed by atoms with Gasteiger partial charge in [-0.2, -0.15) is 0 Å². The van der Waals surface area contributed by atoms with Crippen LogP contribution < -0.4 is 10.1 Å². The molecule has 1 aromatic heterocycles. The third-order valence-corrected chi connectivity index (χ3v) is 6.48. The number of carbonyl (C=O) groups is 1. The number of anilines is 1. The molecule has 0 saturated heterocycles. The molecule has 162 valence electrons. The van der Waals surface area contributed by atoms with Crippen LogP contribution in [0.2, 0.25) is 0 Å². The first-order chi connectivity index (χ1) is 16.2. The van der Waals surface area contributed by atoms with E-state index >= 15 is 0 Å². The maximum atomic E-state index is 12.9. The van der Waals surface area contributed by atoms with Crippen LogP contribution in [-0.2, 0) is 6.61 Å². The minimum atomic E-state index is -0.158. The summed E-state index contributed by atoms with van der Waals surface area (Å²) in [6.45, 7) is 2.47. The number of para-hydroxylation sites is 1. The number of hydrogen-bond acceptors (Lipinski definition) is 4. The van der Waals surface area contributed by atoms with Gasteiger partial charge in [0.2, 0.25) is 0 Å². The molecule has 33 heavy (non-hydrogen) atoms. The molecule has 0 saturated carbocycles. The first kappa shape index (κ1) is 20.9. The number of ether oxygens (including phenoxy) is 1. The number of amides is 1. The van der Waals surface area contributed by atoms with Gasteiger partial charge >= 0.3 is 0 Å². The molecule has 5 rings (SSSR count). The van der Waals surface area contributed by atoms with Crippen molar-refractivity contribution in [1.29, 1.82) is 0 Å². The van der Waals surface area contributed by atoms with Gasteiger partial charge in [-0.3, -0.25) is 4.79 Å². The Labute approximate surface area is 196 Å². The largest absolute Gasteiger partial charge is 0.489 e. The SMILES string of the molecule is Cc1ccc(-c2nc3ccccc3s2)cc1NC(=O)c1ccc(OCc2ccccc2)cc1. The van der Waals surface area contributed by atoms with Crippen molar-refractivity contribution in [3.8, 4) is 16.3 Å². The molecule has 1 heterocycles. The molecular formula is C28H22N2O2S. The van der Waals surface area contributed by atoms with Gasteiger partial charge < -0.3 is 10.1 Å². The van der Waals surface area contributed by atoms with E-state index < -0.39 is 0 Å². The molecule has 0 aliphatic heterocycles. The highest BCUT2D eigenvalue weighted by molar-refractivity contribution is 7.21. The molecule has 0 radical (unpaired) electrons. The molecular weight excluding hydrogens is 428 g/mol. The van der Waals surface area contributed by atoms with Crippen molar-refractivity contribution in [2.24, 2.45) is 0 Å². The quantitative estimate of drug-likeness (QED) is 0.300. The van der Waals surface area contributed by atoms with E-state index in [2.05, 4.69) is 11.4 Å². The fraction of sp³-hybridized carbons (Fsp3) is 0.0714. The Morgan fingerprint density at radius 1 is 0.909 bits per heavy atom. The van der Waals surface area contributed by atoms with Crippen LogP contribution in [0.25, 0.3) is 20.8 Å². The summed E-state index contributed by atoms with van der Waals surface area (Å²) < 4.78 is 6.96. The monoisotopic (exact) mass is 450 g/mol. The van der Waals surface area contributed by atoms with E-state index in [0.717, 1.165) is 43.4 Å². The highest BCUT2D eigenvalue weighted by atomic mass is 32.1. The van der Waals surface area contributed by atoms with E-state index in [9.17, 15) is 4.79 Å². The van der Waals surface area contributed by atoms with Crippen LogP contribution in [0.5, 0.6) is 5.75 Å². The molecule has 0 unspecified atom stereocenters. The number of fused-ring (bicyclic) bond motifs is 1. The van der Waals surface area contributed by atoms with Crippen molar-refractivity contribution in [1.82, 2.24) is 4.98 Å². The van der Waals surface area contributed by atoms with Crippen molar-refractivity contribution in [2.75, 3.05) is 5.32 Å². The van der Waals surface area contributed by atoms with Crippen LogP contribution in [0.3, 0.4) is 0 Å². The Bertz CT molecular complexity index is 1380. The third kappa shape index (κ3) is 4.78. The van der Waals surface area contributed by atoms with Gasteiger partial charge in [-0.1, -0.05) is 54.6 Å². The predicted molar refractivity (Wildman–Crippen MR) is 135 cm³/mol. The summed E-state index contributed by atoms with van der Waals surface area (Å²) in [6, 6.07) is 31.3. The zero-order valence-corrected chi connectivity index (χ0v) is 18.9.